The topological polar surface area (TPSA) is 46.2 Å². The van der Waals surface area contributed by atoms with Crippen LogP contribution in [-0.4, -0.2) is 8.42 Å². The zero-order valence-corrected chi connectivity index (χ0v) is 15.2. The van der Waals surface area contributed by atoms with Crippen molar-refractivity contribution in [3.8, 4) is 0 Å². The van der Waals surface area contributed by atoms with Crippen LogP contribution in [0.25, 0.3) is 0 Å². The highest BCUT2D eigenvalue weighted by molar-refractivity contribution is 7.89. The van der Waals surface area contributed by atoms with E-state index < -0.39 is 55.0 Å². The molecule has 0 atom stereocenters. The minimum absolute atomic E-state index is 0.186. The third-order valence-corrected chi connectivity index (χ3v) is 5.66. The van der Waals surface area contributed by atoms with Gasteiger partial charge in [-0.25, -0.2) is 13.1 Å². The highest BCUT2D eigenvalue weighted by atomic mass is 35.5. The average Bonchev–Trinajstić information content (AvgIpc) is 2.51. The van der Waals surface area contributed by atoms with Crippen LogP contribution in [0.3, 0.4) is 0 Å². The molecule has 12 heteroatoms. The van der Waals surface area contributed by atoms with Crippen molar-refractivity contribution >= 4 is 33.2 Å². The molecule has 27 heavy (non-hydrogen) atoms. The van der Waals surface area contributed by atoms with Gasteiger partial charge in [0.2, 0.25) is 10.0 Å². The number of hydrogen-bond donors (Lipinski definition) is 1. The third kappa shape index (κ3) is 5.28. The Hall–Kier alpha value is -1.49. The molecule has 0 radical (unpaired) electrons. The van der Waals surface area contributed by atoms with E-state index >= 15 is 0 Å². The van der Waals surface area contributed by atoms with Gasteiger partial charge < -0.3 is 0 Å². The second-order valence-electron chi connectivity index (χ2n) is 5.29. The van der Waals surface area contributed by atoms with Crippen molar-refractivity contribution in [1.82, 2.24) is 4.72 Å². The minimum Gasteiger partial charge on any atom is -0.207 e. The monoisotopic (exact) mass is 451 g/mol. The Bertz CT molecular complexity index is 917. The second kappa shape index (κ2) is 7.50. The zero-order chi connectivity index (χ0) is 20.6. The van der Waals surface area contributed by atoms with E-state index in [4.69, 9.17) is 23.2 Å². The average molecular weight is 452 g/mol. The fourth-order valence-electron chi connectivity index (χ4n) is 2.04. The fraction of sp³-hybridized carbons (Fsp3) is 0.200. The van der Waals surface area contributed by atoms with Crippen LogP contribution in [0.15, 0.2) is 41.3 Å². The number of rotatable bonds is 4. The SMILES string of the molecule is O=S(=O)(NCc1ccc(C(F)(F)F)cc1)c1c(Cl)cc(C(F)(F)F)cc1Cl. The van der Waals surface area contributed by atoms with Gasteiger partial charge in [0.05, 0.1) is 21.2 Å². The Morgan fingerprint density at radius 2 is 1.26 bits per heavy atom. The number of benzene rings is 2. The van der Waals surface area contributed by atoms with Gasteiger partial charge >= 0.3 is 12.4 Å². The molecule has 0 bridgehead atoms. The highest BCUT2D eigenvalue weighted by Crippen LogP contribution is 2.37. The van der Waals surface area contributed by atoms with Crippen molar-refractivity contribution in [2.75, 3.05) is 0 Å². The van der Waals surface area contributed by atoms with Crippen LogP contribution in [-0.2, 0) is 28.9 Å². The van der Waals surface area contributed by atoms with Gasteiger partial charge in [-0.1, -0.05) is 35.3 Å². The molecule has 0 heterocycles. The second-order valence-corrected chi connectivity index (χ2v) is 7.80. The summed E-state index contributed by atoms with van der Waals surface area (Å²) in [5, 5.41) is -1.48. The standard InChI is InChI=1S/C15H9Cl2F6NO2S/c16-11-5-10(15(21,22)23)6-12(17)13(11)27(25,26)24-7-8-1-3-9(4-2-8)14(18,19)20/h1-6,24H,7H2. The molecule has 1 N–H and O–H groups in total. The maximum Gasteiger partial charge on any atom is 0.416 e. The lowest BCUT2D eigenvalue weighted by atomic mass is 10.1. The molecule has 2 aromatic rings. The van der Waals surface area contributed by atoms with E-state index in [1.165, 1.54) is 0 Å². The normalized spacial score (nSPS) is 13.0. The molecular weight excluding hydrogens is 443 g/mol. The summed E-state index contributed by atoms with van der Waals surface area (Å²) < 4.78 is 102. The lowest BCUT2D eigenvalue weighted by Gasteiger charge is -2.14. The fourth-order valence-corrected chi connectivity index (χ4v) is 4.27. The van der Waals surface area contributed by atoms with Gasteiger partial charge in [-0.15, -0.1) is 0 Å². The highest BCUT2D eigenvalue weighted by Gasteiger charge is 2.34. The van der Waals surface area contributed by atoms with Crippen molar-refractivity contribution in [2.24, 2.45) is 0 Å². The molecule has 148 valence electrons. The Labute approximate surface area is 159 Å². The number of sulfonamides is 1. The van der Waals surface area contributed by atoms with Crippen LogP contribution in [0.1, 0.15) is 16.7 Å². The molecule has 3 nitrogen and oxygen atoms in total. The maximum absolute atomic E-state index is 12.7. The van der Waals surface area contributed by atoms with E-state index in [0.717, 1.165) is 24.3 Å². The van der Waals surface area contributed by atoms with Crippen molar-refractivity contribution in [3.05, 3.63) is 63.1 Å². The quantitative estimate of drug-likeness (QED) is 0.623. The number of nitrogens with one attached hydrogen (secondary N) is 1. The van der Waals surface area contributed by atoms with Crippen molar-refractivity contribution in [3.63, 3.8) is 0 Å². The van der Waals surface area contributed by atoms with Crippen LogP contribution in [0.2, 0.25) is 10.0 Å². The summed E-state index contributed by atoms with van der Waals surface area (Å²) in [5.74, 6) is 0. The summed E-state index contributed by atoms with van der Waals surface area (Å²) in [6.45, 7) is -0.422. The summed E-state index contributed by atoms with van der Waals surface area (Å²) >= 11 is 11.3. The number of hydrogen-bond acceptors (Lipinski definition) is 2. The van der Waals surface area contributed by atoms with Crippen LogP contribution in [0.5, 0.6) is 0 Å². The smallest absolute Gasteiger partial charge is 0.207 e. The molecule has 2 rings (SSSR count). The first kappa shape index (κ1) is 21.8. The Kier molecular flexibility index (Phi) is 6.05. The molecule has 0 aliphatic heterocycles. The molecule has 0 spiro atoms. The zero-order valence-electron chi connectivity index (χ0n) is 12.9. The van der Waals surface area contributed by atoms with Gasteiger partial charge in [0.1, 0.15) is 4.90 Å². The van der Waals surface area contributed by atoms with Crippen LogP contribution < -0.4 is 4.72 Å². The first-order chi connectivity index (χ1) is 12.2. The summed E-state index contributed by atoms with van der Waals surface area (Å²) in [7, 11) is -4.42. The molecule has 2 aromatic carbocycles. The largest absolute Gasteiger partial charge is 0.416 e. The number of halogens is 8. The molecular formula is C15H9Cl2F6NO2S. The van der Waals surface area contributed by atoms with Crippen LogP contribution >= 0.6 is 23.2 Å². The lowest BCUT2D eigenvalue weighted by molar-refractivity contribution is -0.138. The van der Waals surface area contributed by atoms with Crippen LogP contribution in [0, 0.1) is 0 Å². The molecule has 0 fully saturated rings. The predicted molar refractivity (Wildman–Crippen MR) is 86.9 cm³/mol. The molecule has 0 amide bonds. The van der Waals surface area contributed by atoms with Gasteiger partial charge in [-0.05, 0) is 29.8 Å². The summed E-state index contributed by atoms with van der Waals surface area (Å²) in [5.41, 5.74) is -1.95. The Morgan fingerprint density at radius 1 is 0.815 bits per heavy atom. The van der Waals surface area contributed by atoms with Gasteiger partial charge in [0.15, 0.2) is 0 Å². The molecule has 0 saturated carbocycles. The summed E-state index contributed by atoms with van der Waals surface area (Å²) in [4.78, 5) is -0.759. The van der Waals surface area contributed by atoms with E-state index in [1.807, 2.05) is 4.72 Å². The molecule has 0 aliphatic carbocycles. The van der Waals surface area contributed by atoms with E-state index in [9.17, 15) is 34.8 Å². The number of alkyl halides is 6. The van der Waals surface area contributed by atoms with E-state index in [0.29, 0.717) is 12.1 Å². The van der Waals surface area contributed by atoms with E-state index in [2.05, 4.69) is 0 Å². The van der Waals surface area contributed by atoms with Gasteiger partial charge in [-0.3, -0.25) is 0 Å². The van der Waals surface area contributed by atoms with Gasteiger partial charge in [-0.2, -0.15) is 26.3 Å². The van der Waals surface area contributed by atoms with Gasteiger partial charge in [0.25, 0.3) is 0 Å². The molecule has 0 aliphatic rings. The Balaban J connectivity index is 2.25. The lowest BCUT2D eigenvalue weighted by Crippen LogP contribution is -2.24. The molecule has 0 unspecified atom stereocenters. The first-order valence-electron chi connectivity index (χ1n) is 6.94. The Morgan fingerprint density at radius 3 is 1.67 bits per heavy atom. The molecule has 0 aromatic heterocycles. The summed E-state index contributed by atoms with van der Waals surface area (Å²) in [6.07, 6.45) is -9.32. The minimum atomic E-state index is -4.77. The summed E-state index contributed by atoms with van der Waals surface area (Å²) in [6, 6.07) is 4.48. The third-order valence-electron chi connectivity index (χ3n) is 3.34. The maximum atomic E-state index is 12.7. The van der Waals surface area contributed by atoms with Gasteiger partial charge in [0, 0.05) is 6.54 Å². The van der Waals surface area contributed by atoms with Crippen molar-refractivity contribution in [1.29, 1.82) is 0 Å². The molecule has 0 saturated heterocycles. The van der Waals surface area contributed by atoms with E-state index in [1.54, 1.807) is 0 Å². The van der Waals surface area contributed by atoms with Crippen molar-refractivity contribution in [2.45, 2.75) is 23.8 Å². The predicted octanol–water partition coefficient (Wildman–Crippen LogP) is 5.51. The van der Waals surface area contributed by atoms with Crippen molar-refractivity contribution < 1.29 is 34.8 Å². The first-order valence-corrected chi connectivity index (χ1v) is 9.18. The van der Waals surface area contributed by atoms with Crippen LogP contribution in [0.4, 0.5) is 26.3 Å². The van der Waals surface area contributed by atoms with E-state index in [-0.39, 0.29) is 5.56 Å².